The van der Waals surface area contributed by atoms with Gasteiger partial charge < -0.3 is 5.32 Å². The summed E-state index contributed by atoms with van der Waals surface area (Å²) in [5, 5.41) is 7.51. The molecule has 0 fully saturated rings. The minimum Gasteiger partial charge on any atom is -0.352 e. The molecule has 4 nitrogen and oxygen atoms in total. The summed E-state index contributed by atoms with van der Waals surface area (Å²) >= 11 is 5.89. The van der Waals surface area contributed by atoms with Crippen LogP contribution in [0.15, 0.2) is 36.7 Å². The zero-order valence-electron chi connectivity index (χ0n) is 10.1. The lowest BCUT2D eigenvalue weighted by molar-refractivity contribution is 0.0954. The third kappa shape index (κ3) is 3.34. The molecular formula is C13H14ClN3O. The zero-order valence-corrected chi connectivity index (χ0v) is 10.8. The van der Waals surface area contributed by atoms with Gasteiger partial charge in [-0.05, 0) is 24.1 Å². The van der Waals surface area contributed by atoms with E-state index < -0.39 is 0 Å². The first kappa shape index (κ1) is 12.6. The van der Waals surface area contributed by atoms with E-state index in [1.807, 2.05) is 24.3 Å². The van der Waals surface area contributed by atoms with E-state index in [0.717, 1.165) is 12.0 Å². The molecular weight excluding hydrogens is 250 g/mol. The van der Waals surface area contributed by atoms with E-state index in [2.05, 4.69) is 10.4 Å². The molecule has 0 saturated heterocycles. The Hall–Kier alpha value is -1.81. The van der Waals surface area contributed by atoms with Crippen LogP contribution < -0.4 is 5.32 Å². The first-order valence-electron chi connectivity index (χ1n) is 5.66. The first-order chi connectivity index (χ1) is 8.65. The maximum atomic E-state index is 11.7. The van der Waals surface area contributed by atoms with Gasteiger partial charge in [0.25, 0.3) is 5.91 Å². The predicted octanol–water partition coefficient (Wildman–Crippen LogP) is 2.05. The molecule has 1 N–H and O–H groups in total. The number of nitrogens with zero attached hydrogens (tertiary/aromatic N) is 2. The van der Waals surface area contributed by atoms with Crippen LogP contribution in [0.1, 0.15) is 15.9 Å². The van der Waals surface area contributed by atoms with Gasteiger partial charge in [-0.15, -0.1) is 0 Å². The van der Waals surface area contributed by atoms with Crippen molar-refractivity contribution >= 4 is 17.5 Å². The smallest absolute Gasteiger partial charge is 0.254 e. The van der Waals surface area contributed by atoms with E-state index in [1.54, 1.807) is 24.1 Å². The van der Waals surface area contributed by atoms with Gasteiger partial charge in [-0.25, -0.2) is 0 Å². The third-order valence-electron chi connectivity index (χ3n) is 2.56. The van der Waals surface area contributed by atoms with Gasteiger partial charge in [0.1, 0.15) is 0 Å². The Labute approximate surface area is 111 Å². The van der Waals surface area contributed by atoms with Gasteiger partial charge in [-0.1, -0.05) is 23.7 Å². The number of rotatable bonds is 4. The molecule has 0 saturated carbocycles. The Kier molecular flexibility index (Phi) is 3.99. The maximum Gasteiger partial charge on any atom is 0.254 e. The van der Waals surface area contributed by atoms with Crippen LogP contribution in [0.3, 0.4) is 0 Å². The summed E-state index contributed by atoms with van der Waals surface area (Å²) in [6.07, 6.45) is 4.00. The van der Waals surface area contributed by atoms with Gasteiger partial charge in [-0.2, -0.15) is 5.10 Å². The van der Waals surface area contributed by atoms with E-state index in [9.17, 15) is 4.79 Å². The van der Waals surface area contributed by atoms with Crippen LogP contribution in [0.25, 0.3) is 0 Å². The fourth-order valence-electron chi connectivity index (χ4n) is 1.65. The number of carbonyl (C=O) groups is 1. The Bertz CT molecular complexity index is 551. The molecule has 1 heterocycles. The van der Waals surface area contributed by atoms with Crippen LogP contribution in [0.2, 0.25) is 5.02 Å². The lowest BCUT2D eigenvalue weighted by atomic mass is 10.1. The van der Waals surface area contributed by atoms with Gasteiger partial charge in [0, 0.05) is 24.8 Å². The molecule has 0 spiro atoms. The van der Waals surface area contributed by atoms with Crippen LogP contribution in [0.4, 0.5) is 0 Å². The van der Waals surface area contributed by atoms with Gasteiger partial charge in [0.05, 0.1) is 11.8 Å². The predicted molar refractivity (Wildman–Crippen MR) is 70.7 cm³/mol. The average molecular weight is 264 g/mol. The molecule has 1 aromatic heterocycles. The number of aryl methyl sites for hydroxylation is 1. The molecule has 0 aliphatic carbocycles. The van der Waals surface area contributed by atoms with Crippen LogP contribution in [0, 0.1) is 0 Å². The summed E-state index contributed by atoms with van der Waals surface area (Å²) in [6.45, 7) is 0.577. The highest BCUT2D eigenvalue weighted by Crippen LogP contribution is 2.10. The minimum atomic E-state index is -0.106. The number of carbonyl (C=O) groups excluding carboxylic acids is 1. The quantitative estimate of drug-likeness (QED) is 0.918. The molecule has 0 atom stereocenters. The topological polar surface area (TPSA) is 46.9 Å². The van der Waals surface area contributed by atoms with Crippen molar-refractivity contribution in [1.29, 1.82) is 0 Å². The number of hydrogen-bond acceptors (Lipinski definition) is 2. The van der Waals surface area contributed by atoms with Gasteiger partial charge in [-0.3, -0.25) is 9.48 Å². The Morgan fingerprint density at radius 3 is 3.00 bits per heavy atom. The number of hydrogen-bond donors (Lipinski definition) is 1. The summed E-state index contributed by atoms with van der Waals surface area (Å²) in [5.41, 5.74) is 1.68. The van der Waals surface area contributed by atoms with Gasteiger partial charge in [0.15, 0.2) is 0 Å². The second-order valence-corrected chi connectivity index (χ2v) is 4.47. The average Bonchev–Trinajstić information content (AvgIpc) is 2.76. The maximum absolute atomic E-state index is 11.7. The van der Waals surface area contributed by atoms with Crippen molar-refractivity contribution in [1.82, 2.24) is 15.1 Å². The highest BCUT2D eigenvalue weighted by molar-refractivity contribution is 6.30. The third-order valence-corrected chi connectivity index (χ3v) is 2.79. The van der Waals surface area contributed by atoms with Gasteiger partial charge >= 0.3 is 0 Å². The van der Waals surface area contributed by atoms with Crippen LogP contribution in [0.5, 0.6) is 0 Å². The Balaban J connectivity index is 1.84. The highest BCUT2D eigenvalue weighted by Gasteiger charge is 2.06. The van der Waals surface area contributed by atoms with E-state index in [0.29, 0.717) is 17.1 Å². The van der Waals surface area contributed by atoms with E-state index in [1.165, 1.54) is 0 Å². The van der Waals surface area contributed by atoms with Crippen molar-refractivity contribution in [2.24, 2.45) is 7.05 Å². The van der Waals surface area contributed by atoms with Gasteiger partial charge in [0.2, 0.25) is 0 Å². The molecule has 0 aliphatic heterocycles. The highest BCUT2D eigenvalue weighted by atomic mass is 35.5. The number of aromatic nitrogens is 2. The van der Waals surface area contributed by atoms with Crippen LogP contribution >= 0.6 is 11.6 Å². The summed E-state index contributed by atoms with van der Waals surface area (Å²) in [6, 6.07) is 7.62. The molecule has 1 amide bonds. The lowest BCUT2D eigenvalue weighted by Gasteiger charge is -2.04. The largest absolute Gasteiger partial charge is 0.352 e. The molecule has 0 radical (unpaired) electrons. The van der Waals surface area contributed by atoms with Crippen LogP contribution in [-0.2, 0) is 13.5 Å². The van der Waals surface area contributed by atoms with Crippen molar-refractivity contribution in [3.63, 3.8) is 0 Å². The first-order valence-corrected chi connectivity index (χ1v) is 6.04. The molecule has 1 aromatic carbocycles. The van der Waals surface area contributed by atoms with E-state index in [4.69, 9.17) is 11.6 Å². The lowest BCUT2D eigenvalue weighted by Crippen LogP contribution is -2.25. The summed E-state index contributed by atoms with van der Waals surface area (Å²) in [5.74, 6) is -0.106. The summed E-state index contributed by atoms with van der Waals surface area (Å²) < 4.78 is 1.60. The van der Waals surface area contributed by atoms with Crippen LogP contribution in [-0.4, -0.2) is 22.2 Å². The van der Waals surface area contributed by atoms with E-state index in [-0.39, 0.29) is 5.91 Å². The van der Waals surface area contributed by atoms with E-state index >= 15 is 0 Å². The summed E-state index contributed by atoms with van der Waals surface area (Å²) in [7, 11) is 1.78. The van der Waals surface area contributed by atoms with Crippen molar-refractivity contribution in [3.8, 4) is 0 Å². The Morgan fingerprint density at radius 2 is 2.33 bits per heavy atom. The molecule has 94 valence electrons. The number of nitrogens with one attached hydrogen (secondary N) is 1. The minimum absolute atomic E-state index is 0.106. The van der Waals surface area contributed by atoms with Crippen molar-refractivity contribution in [2.45, 2.75) is 6.42 Å². The molecule has 2 aromatic rings. The van der Waals surface area contributed by atoms with Crippen molar-refractivity contribution < 1.29 is 4.79 Å². The Morgan fingerprint density at radius 1 is 1.50 bits per heavy atom. The monoisotopic (exact) mass is 263 g/mol. The number of halogens is 1. The number of benzene rings is 1. The van der Waals surface area contributed by atoms with Crippen molar-refractivity contribution in [2.75, 3.05) is 6.54 Å². The standard InChI is InChI=1S/C13H14ClN3O/c1-17-9-11(8-16-17)13(18)15-6-5-10-3-2-4-12(14)7-10/h2-4,7-9H,5-6H2,1H3,(H,15,18). The second-order valence-electron chi connectivity index (χ2n) is 4.04. The molecule has 0 aliphatic rings. The molecule has 0 unspecified atom stereocenters. The van der Waals surface area contributed by atoms with Crippen molar-refractivity contribution in [3.05, 3.63) is 52.8 Å². The molecule has 5 heteroatoms. The molecule has 0 bridgehead atoms. The fraction of sp³-hybridized carbons (Fsp3) is 0.231. The SMILES string of the molecule is Cn1cc(C(=O)NCCc2cccc(Cl)c2)cn1. The molecule has 2 rings (SSSR count). The second kappa shape index (κ2) is 5.69. The number of amides is 1. The fourth-order valence-corrected chi connectivity index (χ4v) is 1.87. The normalized spacial score (nSPS) is 10.3. The summed E-state index contributed by atoms with van der Waals surface area (Å²) in [4.78, 5) is 11.7. The molecule has 18 heavy (non-hydrogen) atoms. The zero-order chi connectivity index (χ0) is 13.0.